The molecule has 0 spiro atoms. The molecule has 20 heavy (non-hydrogen) atoms. The molecule has 0 saturated carbocycles. The number of aromatic carboxylic acids is 1. The number of amides is 1. The standard InChI is InChI=1S/C12H9BrF3NO3/c13-9-4-6-1-2-17(11(20)12(14,15)16)5-7(6)3-8(9)10(18)19/h3-4H,1-2,5H2,(H,18,19). The number of hydrogen-bond acceptors (Lipinski definition) is 2. The van der Waals surface area contributed by atoms with Gasteiger partial charge in [-0.1, -0.05) is 0 Å². The van der Waals surface area contributed by atoms with Crippen LogP contribution in [0.5, 0.6) is 0 Å². The number of carbonyl (C=O) groups is 2. The maximum atomic E-state index is 12.4. The van der Waals surface area contributed by atoms with Crippen LogP contribution >= 0.6 is 15.9 Å². The van der Waals surface area contributed by atoms with Gasteiger partial charge in [-0.2, -0.15) is 13.2 Å². The van der Waals surface area contributed by atoms with Crippen LogP contribution in [-0.4, -0.2) is 34.6 Å². The Balaban J connectivity index is 2.32. The van der Waals surface area contributed by atoms with Gasteiger partial charge in [0.15, 0.2) is 0 Å². The molecule has 1 amide bonds. The smallest absolute Gasteiger partial charge is 0.471 e. The Morgan fingerprint density at radius 1 is 1.25 bits per heavy atom. The maximum absolute atomic E-state index is 12.4. The van der Waals surface area contributed by atoms with Crippen molar-refractivity contribution in [1.29, 1.82) is 0 Å². The molecule has 108 valence electrons. The fourth-order valence-electron chi connectivity index (χ4n) is 2.10. The average Bonchev–Trinajstić information content (AvgIpc) is 2.35. The molecule has 4 nitrogen and oxygen atoms in total. The summed E-state index contributed by atoms with van der Waals surface area (Å²) in [5, 5.41) is 8.98. The van der Waals surface area contributed by atoms with Crippen molar-refractivity contribution >= 4 is 27.8 Å². The Bertz CT molecular complexity index is 586. The zero-order valence-electron chi connectivity index (χ0n) is 10.00. The number of benzene rings is 1. The van der Waals surface area contributed by atoms with E-state index in [1.165, 1.54) is 6.07 Å². The molecule has 2 rings (SSSR count). The number of hydrogen-bond donors (Lipinski definition) is 1. The molecule has 0 saturated heterocycles. The molecule has 0 radical (unpaired) electrons. The first kappa shape index (κ1) is 14.8. The molecule has 1 aliphatic rings. The van der Waals surface area contributed by atoms with Crippen molar-refractivity contribution in [2.75, 3.05) is 6.54 Å². The average molecular weight is 352 g/mol. The lowest BCUT2D eigenvalue weighted by Crippen LogP contribution is -2.43. The van der Waals surface area contributed by atoms with Crippen LogP contribution < -0.4 is 0 Å². The van der Waals surface area contributed by atoms with Crippen molar-refractivity contribution in [1.82, 2.24) is 4.90 Å². The van der Waals surface area contributed by atoms with Gasteiger partial charge in [0, 0.05) is 17.6 Å². The molecule has 0 aliphatic carbocycles. The zero-order valence-corrected chi connectivity index (χ0v) is 11.6. The molecule has 8 heteroatoms. The monoisotopic (exact) mass is 351 g/mol. The molecule has 1 heterocycles. The highest BCUT2D eigenvalue weighted by molar-refractivity contribution is 9.10. The second kappa shape index (κ2) is 5.08. The SMILES string of the molecule is O=C(O)c1cc2c(cc1Br)CCN(C(=O)C(F)(F)F)C2. The number of alkyl halides is 3. The highest BCUT2D eigenvalue weighted by Gasteiger charge is 2.43. The lowest BCUT2D eigenvalue weighted by Gasteiger charge is -2.29. The summed E-state index contributed by atoms with van der Waals surface area (Å²) in [5.74, 6) is -3.08. The summed E-state index contributed by atoms with van der Waals surface area (Å²) in [6.45, 7) is -0.272. The molecular formula is C12H9BrF3NO3. The van der Waals surface area contributed by atoms with Crippen molar-refractivity contribution in [3.8, 4) is 0 Å². The van der Waals surface area contributed by atoms with Crippen molar-refractivity contribution in [2.24, 2.45) is 0 Å². The molecule has 0 aromatic heterocycles. The number of fused-ring (bicyclic) bond motifs is 1. The van der Waals surface area contributed by atoms with Crippen molar-refractivity contribution < 1.29 is 27.9 Å². The van der Waals surface area contributed by atoms with Crippen LogP contribution in [0, 0.1) is 0 Å². The van der Waals surface area contributed by atoms with Crippen LogP contribution in [0.2, 0.25) is 0 Å². The zero-order chi connectivity index (χ0) is 15.1. The molecule has 0 bridgehead atoms. The van der Waals surface area contributed by atoms with Crippen molar-refractivity contribution in [2.45, 2.75) is 19.1 Å². The van der Waals surface area contributed by atoms with E-state index in [0.29, 0.717) is 14.9 Å². The molecule has 0 atom stereocenters. The van der Waals surface area contributed by atoms with Gasteiger partial charge in [-0.15, -0.1) is 0 Å². The molecule has 1 aromatic carbocycles. The van der Waals surface area contributed by atoms with Gasteiger partial charge in [-0.3, -0.25) is 4.79 Å². The third kappa shape index (κ3) is 2.79. The van der Waals surface area contributed by atoms with Crippen LogP contribution in [-0.2, 0) is 17.8 Å². The summed E-state index contributed by atoms with van der Waals surface area (Å²) in [6, 6.07) is 2.88. The third-order valence-corrected chi connectivity index (χ3v) is 3.72. The van der Waals surface area contributed by atoms with Crippen LogP contribution in [0.25, 0.3) is 0 Å². The van der Waals surface area contributed by atoms with E-state index in [2.05, 4.69) is 15.9 Å². The first-order chi connectivity index (χ1) is 9.20. The van der Waals surface area contributed by atoms with E-state index in [9.17, 15) is 22.8 Å². The highest BCUT2D eigenvalue weighted by atomic mass is 79.9. The summed E-state index contributed by atoms with van der Waals surface area (Å²) < 4.78 is 37.5. The number of rotatable bonds is 1. The van der Waals surface area contributed by atoms with Gasteiger partial charge in [0.1, 0.15) is 0 Å². The molecule has 1 N–H and O–H groups in total. The predicted octanol–water partition coefficient (Wildman–Crippen LogP) is 2.59. The Kier molecular flexibility index (Phi) is 3.77. The minimum atomic E-state index is -4.91. The maximum Gasteiger partial charge on any atom is 0.471 e. The van der Waals surface area contributed by atoms with Gasteiger partial charge in [0.2, 0.25) is 0 Å². The van der Waals surface area contributed by atoms with Gasteiger partial charge in [-0.05, 0) is 45.6 Å². The Hall–Kier alpha value is -1.57. The van der Waals surface area contributed by atoms with E-state index < -0.39 is 18.1 Å². The van der Waals surface area contributed by atoms with Crippen LogP contribution in [0.15, 0.2) is 16.6 Å². The van der Waals surface area contributed by atoms with Gasteiger partial charge in [0.05, 0.1) is 5.56 Å². The van der Waals surface area contributed by atoms with E-state index in [1.54, 1.807) is 6.07 Å². The van der Waals surface area contributed by atoms with E-state index in [-0.39, 0.29) is 25.1 Å². The van der Waals surface area contributed by atoms with E-state index in [0.717, 1.165) is 5.56 Å². The summed E-state index contributed by atoms with van der Waals surface area (Å²) in [7, 11) is 0. The Morgan fingerprint density at radius 3 is 2.45 bits per heavy atom. The van der Waals surface area contributed by atoms with Crippen LogP contribution in [0.4, 0.5) is 13.2 Å². The second-order valence-electron chi connectivity index (χ2n) is 4.38. The van der Waals surface area contributed by atoms with Crippen LogP contribution in [0.1, 0.15) is 21.5 Å². The molecule has 0 unspecified atom stereocenters. The lowest BCUT2D eigenvalue weighted by molar-refractivity contribution is -0.186. The minimum Gasteiger partial charge on any atom is -0.478 e. The quantitative estimate of drug-likeness (QED) is 0.845. The van der Waals surface area contributed by atoms with E-state index in [4.69, 9.17) is 5.11 Å². The number of carboxylic acids is 1. The normalized spacial score (nSPS) is 14.9. The lowest BCUT2D eigenvalue weighted by atomic mass is 9.97. The first-order valence-corrected chi connectivity index (χ1v) is 6.40. The van der Waals surface area contributed by atoms with Gasteiger partial charge < -0.3 is 10.0 Å². The Morgan fingerprint density at radius 2 is 1.90 bits per heavy atom. The molecular weight excluding hydrogens is 343 g/mol. The van der Waals surface area contributed by atoms with Crippen molar-refractivity contribution in [3.63, 3.8) is 0 Å². The summed E-state index contributed by atoms with van der Waals surface area (Å²) in [6.07, 6.45) is -4.65. The number of carboxylic acid groups (broad SMARTS) is 1. The first-order valence-electron chi connectivity index (χ1n) is 5.61. The fraction of sp³-hybridized carbons (Fsp3) is 0.333. The number of halogens is 4. The second-order valence-corrected chi connectivity index (χ2v) is 5.23. The largest absolute Gasteiger partial charge is 0.478 e. The van der Waals surface area contributed by atoms with Crippen LogP contribution in [0.3, 0.4) is 0 Å². The summed E-state index contributed by atoms with van der Waals surface area (Å²) >= 11 is 3.11. The van der Waals surface area contributed by atoms with E-state index in [1.807, 2.05) is 0 Å². The number of nitrogens with zero attached hydrogens (tertiary/aromatic N) is 1. The highest BCUT2D eigenvalue weighted by Crippen LogP contribution is 2.29. The van der Waals surface area contributed by atoms with Crippen molar-refractivity contribution in [3.05, 3.63) is 33.3 Å². The topological polar surface area (TPSA) is 57.6 Å². The minimum absolute atomic E-state index is 0.0370. The fourth-order valence-corrected chi connectivity index (χ4v) is 2.66. The molecule has 1 aliphatic heterocycles. The van der Waals surface area contributed by atoms with Gasteiger partial charge >= 0.3 is 18.1 Å². The molecule has 0 fully saturated rings. The third-order valence-electron chi connectivity index (χ3n) is 3.06. The van der Waals surface area contributed by atoms with Gasteiger partial charge in [-0.25, -0.2) is 4.79 Å². The number of carbonyl (C=O) groups excluding carboxylic acids is 1. The van der Waals surface area contributed by atoms with E-state index >= 15 is 0 Å². The predicted molar refractivity (Wildman–Crippen MR) is 66.3 cm³/mol. The summed E-state index contributed by atoms with van der Waals surface area (Å²) in [4.78, 5) is 22.9. The molecule has 1 aromatic rings. The van der Waals surface area contributed by atoms with Gasteiger partial charge in [0.25, 0.3) is 0 Å². The summed E-state index contributed by atoms with van der Waals surface area (Å²) in [5.41, 5.74) is 1.13. The Labute approximate surface area is 120 Å².